The molecule has 6 rings (SSSR count). The van der Waals surface area contributed by atoms with Crippen LogP contribution in [0, 0.1) is 0 Å². The SMILES string of the molecule is O=C1/C(=C/c2cn(-c3ccccc3)nc2-c2ccc(Cl)cc2)SC(=Nc2ccccc2)N1c1ccccc1. The van der Waals surface area contributed by atoms with Crippen molar-refractivity contribution in [2.24, 2.45) is 4.99 Å². The molecule has 0 radical (unpaired) electrons. The van der Waals surface area contributed by atoms with E-state index in [1.54, 1.807) is 4.90 Å². The van der Waals surface area contributed by atoms with Crippen LogP contribution in [0.5, 0.6) is 0 Å². The number of rotatable bonds is 5. The zero-order valence-corrected chi connectivity index (χ0v) is 21.7. The summed E-state index contributed by atoms with van der Waals surface area (Å²) >= 11 is 7.50. The van der Waals surface area contributed by atoms with E-state index in [2.05, 4.69) is 0 Å². The van der Waals surface area contributed by atoms with Crippen molar-refractivity contribution in [3.8, 4) is 16.9 Å². The van der Waals surface area contributed by atoms with E-state index in [9.17, 15) is 4.79 Å². The van der Waals surface area contributed by atoms with Crippen LogP contribution >= 0.6 is 23.4 Å². The largest absolute Gasteiger partial charge is 0.271 e. The second-order valence-corrected chi connectivity index (χ2v) is 9.98. The number of thioether (sulfide) groups is 1. The Bertz CT molecular complexity index is 1650. The molecule has 184 valence electrons. The lowest BCUT2D eigenvalue weighted by molar-refractivity contribution is -0.113. The summed E-state index contributed by atoms with van der Waals surface area (Å²) < 4.78 is 1.83. The van der Waals surface area contributed by atoms with E-state index in [0.717, 1.165) is 33.9 Å². The van der Waals surface area contributed by atoms with Crippen LogP contribution in [-0.2, 0) is 4.79 Å². The van der Waals surface area contributed by atoms with Crippen LogP contribution < -0.4 is 4.90 Å². The van der Waals surface area contributed by atoms with Gasteiger partial charge in [0.1, 0.15) is 0 Å². The number of hydrogen-bond acceptors (Lipinski definition) is 4. The van der Waals surface area contributed by atoms with Gasteiger partial charge in [0.15, 0.2) is 5.17 Å². The molecule has 1 fully saturated rings. The van der Waals surface area contributed by atoms with Crippen LogP contribution in [0.15, 0.2) is 131 Å². The molecule has 4 aromatic carbocycles. The fourth-order valence-electron chi connectivity index (χ4n) is 4.15. The first kappa shape index (κ1) is 24.0. The molecule has 0 bridgehead atoms. The number of nitrogens with zero attached hydrogens (tertiary/aromatic N) is 4. The molecule has 1 aliphatic heterocycles. The Balaban J connectivity index is 1.46. The lowest BCUT2D eigenvalue weighted by Gasteiger charge is -2.15. The summed E-state index contributed by atoms with van der Waals surface area (Å²) in [4.78, 5) is 20.8. The maximum atomic E-state index is 13.8. The summed E-state index contributed by atoms with van der Waals surface area (Å²) in [6.45, 7) is 0. The van der Waals surface area contributed by atoms with Crippen LogP contribution in [0.4, 0.5) is 11.4 Å². The molecule has 1 aromatic heterocycles. The van der Waals surface area contributed by atoms with Crippen molar-refractivity contribution in [3.05, 3.63) is 137 Å². The van der Waals surface area contributed by atoms with Gasteiger partial charge >= 0.3 is 0 Å². The van der Waals surface area contributed by atoms with Gasteiger partial charge in [-0.15, -0.1) is 0 Å². The highest BCUT2D eigenvalue weighted by Gasteiger charge is 2.35. The minimum atomic E-state index is -0.134. The highest BCUT2D eigenvalue weighted by atomic mass is 35.5. The van der Waals surface area contributed by atoms with Crippen molar-refractivity contribution >= 4 is 51.9 Å². The number of carbonyl (C=O) groups is 1. The van der Waals surface area contributed by atoms with Gasteiger partial charge in [0.25, 0.3) is 5.91 Å². The molecule has 0 aliphatic carbocycles. The summed E-state index contributed by atoms with van der Waals surface area (Å²) in [6, 6.07) is 36.7. The van der Waals surface area contributed by atoms with Crippen molar-refractivity contribution in [1.29, 1.82) is 0 Å². The lowest BCUT2D eigenvalue weighted by Crippen LogP contribution is -2.28. The zero-order chi connectivity index (χ0) is 25.9. The fourth-order valence-corrected chi connectivity index (χ4v) is 5.26. The van der Waals surface area contributed by atoms with Gasteiger partial charge in [-0.1, -0.05) is 78.3 Å². The summed E-state index contributed by atoms with van der Waals surface area (Å²) in [5, 5.41) is 6.13. The van der Waals surface area contributed by atoms with E-state index < -0.39 is 0 Å². The number of benzene rings is 4. The molecule has 5 nitrogen and oxygen atoms in total. The van der Waals surface area contributed by atoms with Crippen LogP contribution in [0.25, 0.3) is 23.0 Å². The molecule has 1 aliphatic rings. The first-order valence-electron chi connectivity index (χ1n) is 12.0. The molecule has 0 atom stereocenters. The molecule has 1 amide bonds. The minimum absolute atomic E-state index is 0.134. The van der Waals surface area contributed by atoms with E-state index >= 15 is 0 Å². The molecule has 0 spiro atoms. The van der Waals surface area contributed by atoms with Crippen molar-refractivity contribution < 1.29 is 4.79 Å². The van der Waals surface area contributed by atoms with Crippen molar-refractivity contribution in [2.75, 3.05) is 4.90 Å². The van der Waals surface area contributed by atoms with Gasteiger partial charge in [-0.05, 0) is 66.4 Å². The monoisotopic (exact) mass is 532 g/mol. The van der Waals surface area contributed by atoms with Gasteiger partial charge in [-0.25, -0.2) is 9.67 Å². The van der Waals surface area contributed by atoms with Crippen LogP contribution in [0.3, 0.4) is 0 Å². The second kappa shape index (κ2) is 10.5. The van der Waals surface area contributed by atoms with E-state index in [4.69, 9.17) is 21.7 Å². The number of amidine groups is 1. The molecule has 5 aromatic rings. The molecule has 38 heavy (non-hydrogen) atoms. The Labute approximate surface area is 229 Å². The standard InChI is InChI=1S/C31H21ClN4OS/c32-24-18-16-22(17-19-24)29-23(21-35(34-29)26-12-6-2-7-13-26)20-28-30(37)36(27-14-8-3-9-15-27)31(38-28)33-25-10-4-1-5-11-25/h1-21H/b28-20-,33-31?. The van der Waals surface area contributed by atoms with Crippen LogP contribution in [0.2, 0.25) is 5.02 Å². The molecular formula is C31H21ClN4OS. The summed E-state index contributed by atoms with van der Waals surface area (Å²) in [6.07, 6.45) is 3.84. The molecule has 0 N–H and O–H groups in total. The third kappa shape index (κ3) is 4.92. The minimum Gasteiger partial charge on any atom is -0.268 e. The van der Waals surface area contributed by atoms with E-state index in [-0.39, 0.29) is 5.91 Å². The number of aromatic nitrogens is 2. The highest BCUT2D eigenvalue weighted by Crippen LogP contribution is 2.38. The van der Waals surface area contributed by atoms with Gasteiger partial charge in [-0.3, -0.25) is 9.69 Å². The van der Waals surface area contributed by atoms with Crippen molar-refractivity contribution in [1.82, 2.24) is 9.78 Å². The Morgan fingerprint density at radius 1 is 0.763 bits per heavy atom. The first-order chi connectivity index (χ1) is 18.7. The van der Waals surface area contributed by atoms with Gasteiger partial charge in [-0.2, -0.15) is 5.10 Å². The summed E-state index contributed by atoms with van der Waals surface area (Å²) in [7, 11) is 0. The predicted molar refractivity (Wildman–Crippen MR) is 157 cm³/mol. The maximum Gasteiger partial charge on any atom is 0.271 e. The molecule has 1 saturated heterocycles. The highest BCUT2D eigenvalue weighted by molar-refractivity contribution is 8.19. The number of halogens is 1. The van der Waals surface area contributed by atoms with Gasteiger partial charge in [0, 0.05) is 22.3 Å². The predicted octanol–water partition coefficient (Wildman–Crippen LogP) is 8.00. The number of carbonyl (C=O) groups excluding carboxylic acids is 1. The average Bonchev–Trinajstić information content (AvgIpc) is 3.51. The third-order valence-electron chi connectivity index (χ3n) is 5.97. The number of amides is 1. The normalized spacial score (nSPS) is 15.5. The van der Waals surface area contributed by atoms with E-state index in [1.165, 1.54) is 11.8 Å². The second-order valence-electron chi connectivity index (χ2n) is 8.54. The Kier molecular flexibility index (Phi) is 6.65. The first-order valence-corrected chi connectivity index (χ1v) is 13.2. The Morgan fingerprint density at radius 2 is 1.37 bits per heavy atom. The average molecular weight is 533 g/mol. The Hall–Kier alpha value is -4.39. The van der Waals surface area contributed by atoms with E-state index in [1.807, 2.05) is 132 Å². The van der Waals surface area contributed by atoms with Gasteiger partial charge in [0.2, 0.25) is 0 Å². The Morgan fingerprint density at radius 3 is 2.03 bits per heavy atom. The van der Waals surface area contributed by atoms with Crippen LogP contribution in [-0.4, -0.2) is 20.9 Å². The number of para-hydroxylation sites is 3. The number of hydrogen-bond donors (Lipinski definition) is 0. The lowest BCUT2D eigenvalue weighted by atomic mass is 10.1. The van der Waals surface area contributed by atoms with Gasteiger partial charge < -0.3 is 0 Å². The van der Waals surface area contributed by atoms with Crippen molar-refractivity contribution in [2.45, 2.75) is 0 Å². The van der Waals surface area contributed by atoms with Gasteiger partial charge in [0.05, 0.1) is 27.7 Å². The molecule has 0 saturated carbocycles. The number of anilines is 1. The van der Waals surface area contributed by atoms with Crippen LogP contribution in [0.1, 0.15) is 5.56 Å². The smallest absolute Gasteiger partial charge is 0.268 e. The molecule has 2 heterocycles. The molecular weight excluding hydrogens is 512 g/mol. The molecule has 7 heteroatoms. The quantitative estimate of drug-likeness (QED) is 0.215. The van der Waals surface area contributed by atoms with Crippen molar-refractivity contribution in [3.63, 3.8) is 0 Å². The molecule has 0 unspecified atom stereocenters. The summed E-state index contributed by atoms with van der Waals surface area (Å²) in [5.41, 5.74) is 4.95. The van der Waals surface area contributed by atoms with E-state index in [0.29, 0.717) is 15.1 Å². The third-order valence-corrected chi connectivity index (χ3v) is 7.19. The number of aliphatic imine (C=N–C) groups is 1. The maximum absolute atomic E-state index is 13.8. The zero-order valence-electron chi connectivity index (χ0n) is 20.1. The fraction of sp³-hybridized carbons (Fsp3) is 0. The summed E-state index contributed by atoms with van der Waals surface area (Å²) in [5.74, 6) is -0.134. The topological polar surface area (TPSA) is 50.5 Å².